The molecule has 0 spiro atoms. The Morgan fingerprint density at radius 3 is 2.61 bits per heavy atom. The first kappa shape index (κ1) is 15.7. The molecule has 118 valence electrons. The van der Waals surface area contributed by atoms with E-state index in [2.05, 4.69) is 32.4 Å². The summed E-state index contributed by atoms with van der Waals surface area (Å²) in [6.07, 6.45) is 3.46. The number of hydrogen-bond donors (Lipinski definition) is 1. The van der Waals surface area contributed by atoms with Crippen molar-refractivity contribution >= 4 is 11.3 Å². The van der Waals surface area contributed by atoms with Gasteiger partial charge in [0.1, 0.15) is 0 Å². The van der Waals surface area contributed by atoms with Crippen molar-refractivity contribution in [2.24, 2.45) is 0 Å². The van der Waals surface area contributed by atoms with E-state index in [1.54, 1.807) is 36.9 Å². The van der Waals surface area contributed by atoms with Crippen LogP contribution in [0.4, 0.5) is 0 Å². The molecule has 2 heterocycles. The molecule has 1 N–H and O–H groups in total. The molecule has 0 unspecified atom stereocenters. The molecular weight excluding hydrogens is 308 g/mol. The van der Waals surface area contributed by atoms with E-state index in [9.17, 15) is 0 Å². The Kier molecular flexibility index (Phi) is 5.42. The fourth-order valence-electron chi connectivity index (χ4n) is 2.25. The molecule has 0 saturated carbocycles. The zero-order valence-electron chi connectivity index (χ0n) is 12.9. The maximum absolute atomic E-state index is 5.23. The first-order valence-electron chi connectivity index (χ1n) is 7.35. The molecule has 0 aliphatic rings. The molecule has 0 aliphatic carbocycles. The van der Waals surface area contributed by atoms with Crippen LogP contribution in [0.1, 0.15) is 16.8 Å². The van der Waals surface area contributed by atoms with Crippen molar-refractivity contribution in [3.63, 3.8) is 0 Å². The Balaban J connectivity index is 1.59. The third kappa shape index (κ3) is 4.19. The van der Waals surface area contributed by atoms with Crippen molar-refractivity contribution in [1.82, 2.24) is 20.3 Å². The lowest BCUT2D eigenvalue weighted by Gasteiger charge is -2.09. The SMILES string of the molecule is COCc1ccccc1CNCc1csc(-c2ncccn2)n1. The molecule has 1 aromatic carbocycles. The highest BCUT2D eigenvalue weighted by atomic mass is 32.1. The smallest absolute Gasteiger partial charge is 0.188 e. The molecule has 0 saturated heterocycles. The highest BCUT2D eigenvalue weighted by Gasteiger charge is 2.07. The third-order valence-corrected chi connectivity index (χ3v) is 4.24. The van der Waals surface area contributed by atoms with Gasteiger partial charge in [0, 0.05) is 38.0 Å². The Labute approximate surface area is 139 Å². The van der Waals surface area contributed by atoms with Crippen LogP contribution in [0.15, 0.2) is 48.1 Å². The summed E-state index contributed by atoms with van der Waals surface area (Å²) < 4.78 is 5.23. The maximum Gasteiger partial charge on any atom is 0.188 e. The number of nitrogens with zero attached hydrogens (tertiary/aromatic N) is 3. The van der Waals surface area contributed by atoms with Gasteiger partial charge in [-0.3, -0.25) is 0 Å². The second-order valence-corrected chi connectivity index (χ2v) is 5.88. The van der Waals surface area contributed by atoms with Crippen LogP contribution in [-0.2, 0) is 24.4 Å². The zero-order valence-corrected chi connectivity index (χ0v) is 13.7. The van der Waals surface area contributed by atoms with E-state index in [1.165, 1.54) is 11.1 Å². The number of nitrogens with one attached hydrogen (secondary N) is 1. The molecule has 3 aromatic rings. The van der Waals surface area contributed by atoms with Gasteiger partial charge < -0.3 is 10.1 Å². The van der Waals surface area contributed by atoms with Crippen LogP contribution >= 0.6 is 11.3 Å². The third-order valence-electron chi connectivity index (χ3n) is 3.35. The zero-order chi connectivity index (χ0) is 15.9. The number of hydrogen-bond acceptors (Lipinski definition) is 6. The van der Waals surface area contributed by atoms with E-state index in [0.29, 0.717) is 19.0 Å². The van der Waals surface area contributed by atoms with Crippen molar-refractivity contribution in [3.8, 4) is 10.8 Å². The second-order valence-electron chi connectivity index (χ2n) is 5.02. The van der Waals surface area contributed by atoms with Gasteiger partial charge in [-0.2, -0.15) is 0 Å². The van der Waals surface area contributed by atoms with E-state index in [1.807, 2.05) is 17.5 Å². The van der Waals surface area contributed by atoms with Crippen LogP contribution in [0.3, 0.4) is 0 Å². The summed E-state index contributed by atoms with van der Waals surface area (Å²) in [5, 5.41) is 6.32. The summed E-state index contributed by atoms with van der Waals surface area (Å²) in [4.78, 5) is 13.0. The van der Waals surface area contributed by atoms with Crippen molar-refractivity contribution in [2.75, 3.05) is 7.11 Å². The van der Waals surface area contributed by atoms with Crippen LogP contribution in [0.25, 0.3) is 10.8 Å². The fourth-order valence-corrected chi connectivity index (χ4v) is 3.02. The summed E-state index contributed by atoms with van der Waals surface area (Å²) in [6.45, 7) is 2.13. The van der Waals surface area contributed by atoms with Gasteiger partial charge in [0.15, 0.2) is 10.8 Å². The Hall–Kier alpha value is -2.15. The molecule has 2 aromatic heterocycles. The van der Waals surface area contributed by atoms with Crippen molar-refractivity contribution in [1.29, 1.82) is 0 Å². The van der Waals surface area contributed by atoms with E-state index >= 15 is 0 Å². The number of methoxy groups -OCH3 is 1. The van der Waals surface area contributed by atoms with Crippen molar-refractivity contribution in [3.05, 3.63) is 64.9 Å². The van der Waals surface area contributed by atoms with Crippen LogP contribution < -0.4 is 5.32 Å². The summed E-state index contributed by atoms with van der Waals surface area (Å²) in [7, 11) is 1.71. The van der Waals surface area contributed by atoms with Gasteiger partial charge in [0.05, 0.1) is 12.3 Å². The fraction of sp³-hybridized carbons (Fsp3) is 0.235. The van der Waals surface area contributed by atoms with Crippen LogP contribution in [-0.4, -0.2) is 22.1 Å². The van der Waals surface area contributed by atoms with Crippen LogP contribution in [0.2, 0.25) is 0 Å². The standard InChI is InChI=1S/C17H18N4OS/c1-22-11-14-6-3-2-5-13(14)9-18-10-15-12-23-17(21-15)16-19-7-4-8-20-16/h2-8,12,18H,9-11H2,1H3. The molecular formula is C17H18N4OS. The van der Waals surface area contributed by atoms with Crippen LogP contribution in [0, 0.1) is 0 Å². The lowest BCUT2D eigenvalue weighted by atomic mass is 10.1. The molecule has 0 fully saturated rings. The van der Waals surface area contributed by atoms with Gasteiger partial charge in [0.2, 0.25) is 0 Å². The Morgan fingerprint density at radius 2 is 1.83 bits per heavy atom. The summed E-state index contributed by atoms with van der Waals surface area (Å²) >= 11 is 1.56. The highest BCUT2D eigenvalue weighted by Crippen LogP contribution is 2.19. The first-order chi connectivity index (χ1) is 11.4. The van der Waals surface area contributed by atoms with Gasteiger partial charge in [0.25, 0.3) is 0 Å². The molecule has 3 rings (SSSR count). The van der Waals surface area contributed by atoms with E-state index < -0.39 is 0 Å². The lowest BCUT2D eigenvalue weighted by molar-refractivity contribution is 0.184. The Morgan fingerprint density at radius 1 is 1.04 bits per heavy atom. The van der Waals surface area contributed by atoms with Crippen molar-refractivity contribution in [2.45, 2.75) is 19.7 Å². The summed E-state index contributed by atoms with van der Waals surface area (Å²) in [5.74, 6) is 0.675. The average molecular weight is 326 g/mol. The lowest BCUT2D eigenvalue weighted by Crippen LogP contribution is -2.14. The number of ether oxygens (including phenoxy) is 1. The summed E-state index contributed by atoms with van der Waals surface area (Å²) in [5.41, 5.74) is 3.46. The summed E-state index contributed by atoms with van der Waals surface area (Å²) in [6, 6.07) is 10.1. The molecule has 0 atom stereocenters. The first-order valence-corrected chi connectivity index (χ1v) is 8.23. The number of benzene rings is 1. The van der Waals surface area contributed by atoms with E-state index in [-0.39, 0.29) is 0 Å². The number of rotatable bonds is 7. The number of thiazole rings is 1. The molecule has 0 aliphatic heterocycles. The Bertz CT molecular complexity index is 745. The minimum Gasteiger partial charge on any atom is -0.380 e. The number of aromatic nitrogens is 3. The molecule has 0 bridgehead atoms. The minimum absolute atomic E-state index is 0.629. The second kappa shape index (κ2) is 7.92. The van der Waals surface area contributed by atoms with Gasteiger partial charge in [-0.15, -0.1) is 11.3 Å². The quantitative estimate of drug-likeness (QED) is 0.723. The van der Waals surface area contributed by atoms with E-state index in [4.69, 9.17) is 4.74 Å². The predicted octanol–water partition coefficient (Wildman–Crippen LogP) is 3.04. The minimum atomic E-state index is 0.629. The predicted molar refractivity (Wildman–Crippen MR) is 90.8 cm³/mol. The van der Waals surface area contributed by atoms with Gasteiger partial charge in [-0.1, -0.05) is 24.3 Å². The normalized spacial score (nSPS) is 10.8. The largest absolute Gasteiger partial charge is 0.380 e. The average Bonchev–Trinajstić information content (AvgIpc) is 3.06. The van der Waals surface area contributed by atoms with Gasteiger partial charge in [-0.25, -0.2) is 15.0 Å². The molecule has 6 heteroatoms. The van der Waals surface area contributed by atoms with Gasteiger partial charge in [-0.05, 0) is 17.2 Å². The van der Waals surface area contributed by atoms with Crippen LogP contribution in [0.5, 0.6) is 0 Å². The monoisotopic (exact) mass is 326 g/mol. The molecule has 0 radical (unpaired) electrons. The van der Waals surface area contributed by atoms with E-state index in [0.717, 1.165) is 17.2 Å². The van der Waals surface area contributed by atoms with Gasteiger partial charge >= 0.3 is 0 Å². The molecule has 0 amide bonds. The molecule has 23 heavy (non-hydrogen) atoms. The maximum atomic E-state index is 5.23. The molecule has 5 nitrogen and oxygen atoms in total. The van der Waals surface area contributed by atoms with Crippen molar-refractivity contribution < 1.29 is 4.74 Å². The topological polar surface area (TPSA) is 59.9 Å². The highest BCUT2D eigenvalue weighted by molar-refractivity contribution is 7.13.